The zero-order valence-corrected chi connectivity index (χ0v) is 42.9. The zero-order valence-electron chi connectivity index (χ0n) is 42.9. The summed E-state index contributed by atoms with van der Waals surface area (Å²) in [7, 11) is 0. The number of nitrogens with zero attached hydrogens (tertiary/aromatic N) is 4. The van der Waals surface area contributed by atoms with Gasteiger partial charge in [0.05, 0.1) is 0 Å². The molecule has 0 aliphatic rings. The van der Waals surface area contributed by atoms with E-state index in [0.29, 0.717) is 0 Å². The standard InChI is InChI=1S/C73H56N4.CH4/c1-55-54-61(42-53-73(55)77(67-30-18-7-19-31-67)72-51-38-59(39-52-72)58-34-45-69(46-35-58)75(64-24-12-4-13-25-64)65-26-14-5-15-27-65)60-40-49-71(50-41-60)76(66-28-16-6-17-29-66)70-47-36-57(37-48-70)56-32-43-68(44-33-56)74(62-20-8-2-9-21-62)63-22-10-3-11-23-63;/h2-54H,1H3;1H4. The monoisotopic (exact) mass is 1000 g/mol. The molecule has 12 rings (SSSR count). The van der Waals surface area contributed by atoms with Gasteiger partial charge in [-0.25, -0.2) is 0 Å². The topological polar surface area (TPSA) is 13.0 Å². The summed E-state index contributed by atoms with van der Waals surface area (Å²) in [6.07, 6.45) is 0. The molecule has 0 saturated carbocycles. The second kappa shape index (κ2) is 23.2. The van der Waals surface area contributed by atoms with E-state index in [1.54, 1.807) is 0 Å². The summed E-state index contributed by atoms with van der Waals surface area (Å²) in [5.74, 6) is 0. The minimum atomic E-state index is 0. The van der Waals surface area contributed by atoms with Crippen LogP contribution in [0.15, 0.2) is 322 Å². The third-order valence-electron chi connectivity index (χ3n) is 14.2. The zero-order chi connectivity index (χ0) is 51.8. The number of rotatable bonds is 15. The van der Waals surface area contributed by atoms with Crippen molar-refractivity contribution in [1.82, 2.24) is 0 Å². The number of anilines is 12. The molecule has 0 atom stereocenters. The van der Waals surface area contributed by atoms with Crippen molar-refractivity contribution >= 4 is 68.2 Å². The maximum atomic E-state index is 2.36. The van der Waals surface area contributed by atoms with Gasteiger partial charge in [-0.3, -0.25) is 0 Å². The Kier molecular flexibility index (Phi) is 14.9. The Labute approximate surface area is 460 Å². The third kappa shape index (κ3) is 10.7. The Morgan fingerprint density at radius 1 is 0.179 bits per heavy atom. The van der Waals surface area contributed by atoms with Gasteiger partial charge in [-0.1, -0.05) is 183 Å². The number of hydrogen-bond acceptors (Lipinski definition) is 4. The molecule has 78 heavy (non-hydrogen) atoms. The summed E-state index contributed by atoms with van der Waals surface area (Å²) in [5.41, 5.74) is 21.5. The van der Waals surface area contributed by atoms with Crippen molar-refractivity contribution in [2.45, 2.75) is 14.4 Å². The summed E-state index contributed by atoms with van der Waals surface area (Å²) in [6.45, 7) is 2.21. The fourth-order valence-electron chi connectivity index (χ4n) is 10.3. The molecule has 12 aromatic rings. The molecule has 0 saturated heterocycles. The highest BCUT2D eigenvalue weighted by Gasteiger charge is 2.19. The van der Waals surface area contributed by atoms with E-state index in [4.69, 9.17) is 0 Å². The molecule has 0 spiro atoms. The van der Waals surface area contributed by atoms with Gasteiger partial charge in [-0.05, 0) is 191 Å². The Hall–Kier alpha value is -10.2. The number of aryl methyl sites for hydroxylation is 1. The lowest BCUT2D eigenvalue weighted by molar-refractivity contribution is 1.25. The highest BCUT2D eigenvalue weighted by molar-refractivity contribution is 5.85. The third-order valence-corrected chi connectivity index (χ3v) is 14.2. The molecule has 0 unspecified atom stereocenters. The molecule has 0 amide bonds. The first-order valence-electron chi connectivity index (χ1n) is 26.2. The van der Waals surface area contributed by atoms with Crippen molar-refractivity contribution < 1.29 is 0 Å². The van der Waals surface area contributed by atoms with Crippen LogP contribution in [-0.2, 0) is 0 Å². The van der Waals surface area contributed by atoms with Gasteiger partial charge in [-0.2, -0.15) is 0 Å². The molecular weight excluding hydrogens is 945 g/mol. The quantitative estimate of drug-likeness (QED) is 0.101. The van der Waals surface area contributed by atoms with Crippen LogP contribution in [0.5, 0.6) is 0 Å². The van der Waals surface area contributed by atoms with Crippen molar-refractivity contribution in [2.24, 2.45) is 0 Å². The molecule has 0 aliphatic heterocycles. The van der Waals surface area contributed by atoms with Gasteiger partial charge in [0.25, 0.3) is 0 Å². The van der Waals surface area contributed by atoms with Crippen LogP contribution in [-0.4, -0.2) is 0 Å². The van der Waals surface area contributed by atoms with Crippen molar-refractivity contribution in [2.75, 3.05) is 19.6 Å². The minimum absolute atomic E-state index is 0. The largest absolute Gasteiger partial charge is 0.311 e. The van der Waals surface area contributed by atoms with Gasteiger partial charge in [0.15, 0.2) is 0 Å². The molecule has 0 aliphatic carbocycles. The number of benzene rings is 12. The summed E-state index contributed by atoms with van der Waals surface area (Å²) in [5, 5.41) is 0. The van der Waals surface area contributed by atoms with E-state index in [9.17, 15) is 0 Å². The Morgan fingerprint density at radius 3 is 0.590 bits per heavy atom. The van der Waals surface area contributed by atoms with E-state index in [-0.39, 0.29) is 7.43 Å². The van der Waals surface area contributed by atoms with Crippen LogP contribution in [0.4, 0.5) is 68.2 Å². The average molecular weight is 1010 g/mol. The van der Waals surface area contributed by atoms with Crippen molar-refractivity contribution in [3.8, 4) is 33.4 Å². The highest BCUT2D eigenvalue weighted by atomic mass is 15.2. The maximum Gasteiger partial charge on any atom is 0.0491 e. The first-order chi connectivity index (χ1) is 38.1. The van der Waals surface area contributed by atoms with Crippen LogP contribution in [0.25, 0.3) is 33.4 Å². The van der Waals surface area contributed by atoms with Crippen LogP contribution in [0.2, 0.25) is 0 Å². The van der Waals surface area contributed by atoms with Crippen LogP contribution in [0.3, 0.4) is 0 Å². The van der Waals surface area contributed by atoms with Crippen LogP contribution in [0.1, 0.15) is 13.0 Å². The SMILES string of the molecule is C.Cc1cc(-c2ccc(N(c3ccccc3)c3ccc(-c4ccc(N(c5ccccc5)c5ccccc5)cc4)cc3)cc2)ccc1N(c1ccccc1)c1ccc(-c2ccc(N(c3ccccc3)c3ccccc3)cc2)cc1. The smallest absolute Gasteiger partial charge is 0.0491 e. The lowest BCUT2D eigenvalue weighted by atomic mass is 10.00. The number of hydrogen-bond donors (Lipinski definition) is 0. The van der Waals surface area contributed by atoms with Crippen LogP contribution >= 0.6 is 0 Å². The van der Waals surface area contributed by atoms with Gasteiger partial charge in [0, 0.05) is 68.2 Å². The molecule has 0 aromatic heterocycles. The van der Waals surface area contributed by atoms with Gasteiger partial charge in [-0.15, -0.1) is 0 Å². The van der Waals surface area contributed by atoms with Crippen molar-refractivity contribution in [3.05, 3.63) is 327 Å². The highest BCUT2D eigenvalue weighted by Crippen LogP contribution is 2.42. The van der Waals surface area contributed by atoms with Gasteiger partial charge >= 0.3 is 0 Å². The van der Waals surface area contributed by atoms with Gasteiger partial charge in [0.2, 0.25) is 0 Å². The molecule has 4 nitrogen and oxygen atoms in total. The molecule has 0 radical (unpaired) electrons. The second-order valence-electron chi connectivity index (χ2n) is 19.1. The maximum absolute atomic E-state index is 2.36. The predicted molar refractivity (Wildman–Crippen MR) is 333 cm³/mol. The van der Waals surface area contributed by atoms with E-state index < -0.39 is 0 Å². The van der Waals surface area contributed by atoms with E-state index >= 15 is 0 Å². The van der Waals surface area contributed by atoms with Crippen LogP contribution < -0.4 is 19.6 Å². The van der Waals surface area contributed by atoms with E-state index in [0.717, 1.165) is 96.1 Å². The van der Waals surface area contributed by atoms with E-state index in [1.807, 2.05) is 0 Å². The molecular formula is C74H60N4. The lowest BCUT2D eigenvalue weighted by Crippen LogP contribution is -2.11. The minimum Gasteiger partial charge on any atom is -0.311 e. The Morgan fingerprint density at radius 2 is 0.359 bits per heavy atom. The molecule has 4 heteroatoms. The summed E-state index contributed by atoms with van der Waals surface area (Å²) >= 11 is 0. The van der Waals surface area contributed by atoms with Crippen LogP contribution in [0, 0.1) is 6.92 Å². The van der Waals surface area contributed by atoms with Crippen molar-refractivity contribution in [1.29, 1.82) is 0 Å². The summed E-state index contributed by atoms with van der Waals surface area (Å²) in [6, 6.07) is 115. The van der Waals surface area contributed by atoms with E-state index in [2.05, 4.69) is 348 Å². The fraction of sp³-hybridized carbons (Fsp3) is 0.0270. The fourth-order valence-corrected chi connectivity index (χ4v) is 10.3. The molecule has 12 aromatic carbocycles. The normalized spacial score (nSPS) is 10.8. The average Bonchev–Trinajstić information content (AvgIpc) is 3.56. The first-order valence-corrected chi connectivity index (χ1v) is 26.2. The second-order valence-corrected chi connectivity index (χ2v) is 19.1. The summed E-state index contributed by atoms with van der Waals surface area (Å²) in [4.78, 5) is 9.27. The Bertz CT molecular complexity index is 3720. The first kappa shape index (κ1) is 50.0. The lowest BCUT2D eigenvalue weighted by Gasteiger charge is -2.28. The number of para-hydroxylation sites is 6. The van der Waals surface area contributed by atoms with Gasteiger partial charge < -0.3 is 19.6 Å². The molecule has 0 fully saturated rings. The molecule has 376 valence electrons. The molecule has 0 N–H and O–H groups in total. The van der Waals surface area contributed by atoms with E-state index in [1.165, 1.54) is 11.1 Å². The Balaban J connectivity index is 0.00000645. The van der Waals surface area contributed by atoms with Gasteiger partial charge in [0.1, 0.15) is 0 Å². The molecule has 0 bridgehead atoms. The summed E-state index contributed by atoms with van der Waals surface area (Å²) < 4.78 is 0. The van der Waals surface area contributed by atoms with Crippen molar-refractivity contribution in [3.63, 3.8) is 0 Å². The molecule has 0 heterocycles. The predicted octanol–water partition coefficient (Wildman–Crippen LogP) is 21.5.